The van der Waals surface area contributed by atoms with Crippen molar-refractivity contribution in [1.29, 1.82) is 0 Å². The second-order valence-corrected chi connectivity index (χ2v) is 7.21. The van der Waals surface area contributed by atoms with Crippen LogP contribution in [0.3, 0.4) is 0 Å². The van der Waals surface area contributed by atoms with Crippen LogP contribution in [0, 0.1) is 5.92 Å². The number of carbonyl (C=O) groups is 1. The van der Waals surface area contributed by atoms with E-state index < -0.39 is 0 Å². The van der Waals surface area contributed by atoms with Crippen molar-refractivity contribution in [3.05, 3.63) is 36.0 Å². The Morgan fingerprint density at radius 3 is 2.80 bits per heavy atom. The molecule has 1 aliphatic carbocycles. The Kier molecular flexibility index (Phi) is 6.51. The molecule has 136 valence electrons. The van der Waals surface area contributed by atoms with E-state index in [1.165, 1.54) is 48.6 Å². The number of fused-ring (bicyclic) bond motifs is 1. The Balaban J connectivity index is 1.42. The SMILES string of the molecule is CCc1cccc2ccn(CC(=O)NCCNCC3CCCCC3)c12. The lowest BCUT2D eigenvalue weighted by Gasteiger charge is -2.21. The summed E-state index contributed by atoms with van der Waals surface area (Å²) in [6.07, 6.45) is 9.89. The van der Waals surface area contributed by atoms with Gasteiger partial charge < -0.3 is 15.2 Å². The highest BCUT2D eigenvalue weighted by atomic mass is 16.1. The van der Waals surface area contributed by atoms with Crippen molar-refractivity contribution in [2.45, 2.75) is 52.0 Å². The van der Waals surface area contributed by atoms with Crippen LogP contribution in [0.5, 0.6) is 0 Å². The number of aromatic nitrogens is 1. The summed E-state index contributed by atoms with van der Waals surface area (Å²) in [4.78, 5) is 12.3. The fourth-order valence-corrected chi connectivity index (χ4v) is 3.96. The second-order valence-electron chi connectivity index (χ2n) is 7.21. The van der Waals surface area contributed by atoms with Gasteiger partial charge in [-0.3, -0.25) is 4.79 Å². The predicted octanol–water partition coefficient (Wildman–Crippen LogP) is 3.49. The minimum Gasteiger partial charge on any atom is -0.353 e. The van der Waals surface area contributed by atoms with E-state index in [-0.39, 0.29) is 5.91 Å². The molecule has 0 radical (unpaired) electrons. The lowest BCUT2D eigenvalue weighted by atomic mass is 9.89. The first-order valence-electron chi connectivity index (χ1n) is 9.82. The first kappa shape index (κ1) is 18.0. The smallest absolute Gasteiger partial charge is 0.239 e. The molecule has 0 unspecified atom stereocenters. The fourth-order valence-electron chi connectivity index (χ4n) is 3.96. The average molecular weight is 341 g/mol. The van der Waals surface area contributed by atoms with Gasteiger partial charge in [-0.1, -0.05) is 44.4 Å². The third kappa shape index (κ3) is 4.85. The van der Waals surface area contributed by atoms with Gasteiger partial charge in [-0.2, -0.15) is 0 Å². The van der Waals surface area contributed by atoms with E-state index in [0.717, 1.165) is 25.4 Å². The van der Waals surface area contributed by atoms with Gasteiger partial charge >= 0.3 is 0 Å². The number of amides is 1. The molecule has 1 heterocycles. The van der Waals surface area contributed by atoms with E-state index in [4.69, 9.17) is 0 Å². The molecule has 1 aromatic heterocycles. The average Bonchev–Trinajstić information content (AvgIpc) is 3.05. The third-order valence-electron chi connectivity index (χ3n) is 5.35. The molecule has 1 amide bonds. The van der Waals surface area contributed by atoms with E-state index in [0.29, 0.717) is 13.1 Å². The van der Waals surface area contributed by atoms with Gasteiger partial charge in [0, 0.05) is 19.3 Å². The van der Waals surface area contributed by atoms with Crippen LogP contribution in [-0.4, -0.2) is 30.1 Å². The summed E-state index contributed by atoms with van der Waals surface area (Å²) in [6.45, 7) is 5.20. The lowest BCUT2D eigenvalue weighted by Crippen LogP contribution is -2.35. The van der Waals surface area contributed by atoms with Gasteiger partial charge in [-0.05, 0) is 48.7 Å². The summed E-state index contributed by atoms with van der Waals surface area (Å²) >= 11 is 0. The summed E-state index contributed by atoms with van der Waals surface area (Å²) < 4.78 is 2.07. The number of nitrogens with zero attached hydrogens (tertiary/aromatic N) is 1. The molecule has 4 nitrogen and oxygen atoms in total. The van der Waals surface area contributed by atoms with Crippen molar-refractivity contribution in [2.75, 3.05) is 19.6 Å². The van der Waals surface area contributed by atoms with Gasteiger partial charge in [0.05, 0.1) is 5.52 Å². The summed E-state index contributed by atoms with van der Waals surface area (Å²) in [5, 5.41) is 7.74. The number of rotatable bonds is 8. The minimum absolute atomic E-state index is 0.0860. The first-order valence-corrected chi connectivity index (χ1v) is 9.82. The van der Waals surface area contributed by atoms with Crippen LogP contribution in [0.2, 0.25) is 0 Å². The molecule has 0 bridgehead atoms. The minimum atomic E-state index is 0.0860. The molecule has 0 saturated heterocycles. The van der Waals surface area contributed by atoms with Gasteiger partial charge in [0.25, 0.3) is 0 Å². The largest absolute Gasteiger partial charge is 0.353 e. The highest BCUT2D eigenvalue weighted by molar-refractivity contribution is 5.85. The molecule has 2 aromatic rings. The molecule has 0 atom stereocenters. The molecule has 1 aromatic carbocycles. The molecule has 0 spiro atoms. The van der Waals surface area contributed by atoms with Crippen molar-refractivity contribution in [1.82, 2.24) is 15.2 Å². The molecular weight excluding hydrogens is 310 g/mol. The Hall–Kier alpha value is -1.81. The Morgan fingerprint density at radius 1 is 1.16 bits per heavy atom. The molecule has 1 aliphatic rings. The topological polar surface area (TPSA) is 46.1 Å². The van der Waals surface area contributed by atoms with E-state index >= 15 is 0 Å². The van der Waals surface area contributed by atoms with Crippen molar-refractivity contribution in [3.63, 3.8) is 0 Å². The van der Waals surface area contributed by atoms with Gasteiger partial charge in [-0.25, -0.2) is 0 Å². The lowest BCUT2D eigenvalue weighted by molar-refractivity contribution is -0.121. The quantitative estimate of drug-likeness (QED) is 0.722. The Morgan fingerprint density at radius 2 is 2.00 bits per heavy atom. The first-order chi connectivity index (χ1) is 12.3. The van der Waals surface area contributed by atoms with Crippen LogP contribution in [0.1, 0.15) is 44.6 Å². The number of para-hydroxylation sites is 1. The van der Waals surface area contributed by atoms with Gasteiger partial charge in [0.2, 0.25) is 5.91 Å². The second kappa shape index (κ2) is 9.04. The summed E-state index contributed by atoms with van der Waals surface area (Å²) in [5.41, 5.74) is 2.49. The summed E-state index contributed by atoms with van der Waals surface area (Å²) in [6, 6.07) is 8.43. The maximum absolute atomic E-state index is 12.3. The van der Waals surface area contributed by atoms with E-state index in [1.54, 1.807) is 0 Å². The molecule has 1 saturated carbocycles. The number of hydrogen-bond acceptors (Lipinski definition) is 2. The number of carbonyl (C=O) groups excluding carboxylic acids is 1. The normalized spacial score (nSPS) is 15.6. The van der Waals surface area contributed by atoms with E-state index in [2.05, 4.69) is 46.4 Å². The van der Waals surface area contributed by atoms with Crippen LogP contribution >= 0.6 is 0 Å². The number of hydrogen-bond donors (Lipinski definition) is 2. The molecule has 3 rings (SSSR count). The van der Waals surface area contributed by atoms with Crippen molar-refractivity contribution in [2.24, 2.45) is 5.92 Å². The van der Waals surface area contributed by atoms with Gasteiger partial charge in [0.1, 0.15) is 6.54 Å². The maximum Gasteiger partial charge on any atom is 0.239 e. The highest BCUT2D eigenvalue weighted by Gasteiger charge is 2.12. The number of benzene rings is 1. The van der Waals surface area contributed by atoms with Gasteiger partial charge in [0.15, 0.2) is 0 Å². The number of nitrogens with one attached hydrogen (secondary N) is 2. The van der Waals surface area contributed by atoms with E-state index in [9.17, 15) is 4.79 Å². The van der Waals surface area contributed by atoms with Gasteiger partial charge in [-0.15, -0.1) is 0 Å². The molecular formula is C21H31N3O. The number of aryl methyl sites for hydroxylation is 1. The molecule has 25 heavy (non-hydrogen) atoms. The molecule has 4 heteroatoms. The molecule has 2 N–H and O–H groups in total. The van der Waals surface area contributed by atoms with Crippen LogP contribution in [0.15, 0.2) is 30.5 Å². The molecule has 0 aliphatic heterocycles. The predicted molar refractivity (Wildman–Crippen MR) is 104 cm³/mol. The standard InChI is InChI=1S/C21H31N3O/c1-2-18-9-6-10-19-11-14-24(21(18)19)16-20(25)23-13-12-22-15-17-7-4-3-5-8-17/h6,9-11,14,17,22H,2-5,7-8,12-13,15-16H2,1H3,(H,23,25). The van der Waals surface area contributed by atoms with Crippen LogP contribution in [0.25, 0.3) is 10.9 Å². The van der Waals surface area contributed by atoms with Crippen molar-refractivity contribution >= 4 is 16.8 Å². The summed E-state index contributed by atoms with van der Waals surface area (Å²) in [7, 11) is 0. The zero-order valence-electron chi connectivity index (χ0n) is 15.4. The third-order valence-corrected chi connectivity index (χ3v) is 5.35. The van der Waals surface area contributed by atoms with Crippen LogP contribution in [0.4, 0.5) is 0 Å². The summed E-state index contributed by atoms with van der Waals surface area (Å²) in [5.74, 6) is 0.922. The Labute approximate surface area is 151 Å². The van der Waals surface area contributed by atoms with Crippen molar-refractivity contribution in [3.8, 4) is 0 Å². The van der Waals surface area contributed by atoms with Crippen LogP contribution < -0.4 is 10.6 Å². The maximum atomic E-state index is 12.3. The fraction of sp³-hybridized carbons (Fsp3) is 0.571. The van der Waals surface area contributed by atoms with Crippen molar-refractivity contribution < 1.29 is 4.79 Å². The molecule has 1 fully saturated rings. The monoisotopic (exact) mass is 341 g/mol. The Bertz CT molecular complexity index is 686. The van der Waals surface area contributed by atoms with E-state index in [1.807, 2.05) is 6.20 Å². The highest BCUT2D eigenvalue weighted by Crippen LogP contribution is 2.22. The zero-order chi connectivity index (χ0) is 17.5. The van der Waals surface area contributed by atoms with Crippen LogP contribution in [-0.2, 0) is 17.8 Å². The zero-order valence-corrected chi connectivity index (χ0v) is 15.4.